The van der Waals surface area contributed by atoms with Crippen LogP contribution in [-0.2, 0) is 31.6 Å². The van der Waals surface area contributed by atoms with Crippen LogP contribution in [0.1, 0.15) is 0 Å². The number of phosphoric acid groups is 3. The van der Waals surface area contributed by atoms with Crippen LogP contribution in [0.2, 0.25) is 0 Å². The van der Waals surface area contributed by atoms with E-state index in [9.17, 15) is 38.5 Å². The van der Waals surface area contributed by atoms with Crippen LogP contribution in [0.3, 0.4) is 0 Å². The minimum Gasteiger partial charge on any atom is -0.386 e. The zero-order valence-corrected chi connectivity index (χ0v) is 18.8. The third-order valence-corrected chi connectivity index (χ3v) is 7.93. The first-order valence-corrected chi connectivity index (χ1v) is 12.8. The van der Waals surface area contributed by atoms with E-state index >= 15 is 0 Å². The molecule has 0 amide bonds. The summed E-state index contributed by atoms with van der Waals surface area (Å²) in [7, 11) is -17.3. The Morgan fingerprint density at radius 1 is 1.30 bits per heavy atom. The summed E-state index contributed by atoms with van der Waals surface area (Å²) in [6, 6.07) is 1.33. The summed E-state index contributed by atoms with van der Waals surface area (Å²) in [6.07, 6.45) is -2.05. The lowest BCUT2D eigenvalue weighted by Gasteiger charge is -2.33. The van der Waals surface area contributed by atoms with E-state index in [1.54, 1.807) is 0 Å². The highest BCUT2D eigenvalue weighted by atomic mass is 31.3. The van der Waals surface area contributed by atoms with Crippen molar-refractivity contribution >= 4 is 29.3 Å². The van der Waals surface area contributed by atoms with Gasteiger partial charge < -0.3 is 45.2 Å². The van der Waals surface area contributed by atoms with Crippen LogP contribution >= 0.6 is 23.5 Å². The van der Waals surface area contributed by atoms with Crippen LogP contribution in [0.25, 0.3) is 0 Å². The number of amidine groups is 1. The number of ether oxygens (including phenoxy) is 1. The normalized spacial score (nSPS) is 33.8. The Hall–Kier alpha value is -1.54. The van der Waals surface area contributed by atoms with Crippen LogP contribution in [-0.4, -0.2) is 77.3 Å². The first-order valence-electron chi connectivity index (χ1n) is 8.24. The molecule has 33 heavy (non-hydrogen) atoms. The fourth-order valence-electron chi connectivity index (χ4n) is 2.75. The third kappa shape index (κ3) is 6.13. The molecule has 21 heteroatoms. The van der Waals surface area contributed by atoms with Gasteiger partial charge in [0.2, 0.25) is 5.60 Å². The van der Waals surface area contributed by atoms with E-state index in [-0.39, 0.29) is 11.7 Å². The van der Waals surface area contributed by atoms with Gasteiger partial charge in [-0.05, 0) is 6.08 Å². The van der Waals surface area contributed by atoms with E-state index in [0.29, 0.717) is 0 Å². The van der Waals surface area contributed by atoms with Crippen molar-refractivity contribution in [3.8, 4) is 6.07 Å². The smallest absolute Gasteiger partial charge is 0.386 e. The van der Waals surface area contributed by atoms with Gasteiger partial charge in [0.05, 0.1) is 6.61 Å². The summed E-state index contributed by atoms with van der Waals surface area (Å²) < 4.78 is 64.6. The molecule has 0 aromatic rings. The topological polar surface area (TPSA) is 275 Å². The third-order valence-electron chi connectivity index (χ3n) is 4.15. The van der Waals surface area contributed by atoms with Crippen molar-refractivity contribution in [3.05, 3.63) is 24.7 Å². The van der Waals surface area contributed by atoms with Crippen LogP contribution in [0.4, 0.5) is 4.39 Å². The van der Waals surface area contributed by atoms with Gasteiger partial charge in [-0.3, -0.25) is 4.52 Å². The molecule has 0 radical (unpaired) electrons. The van der Waals surface area contributed by atoms with E-state index < -0.39 is 60.3 Å². The summed E-state index contributed by atoms with van der Waals surface area (Å²) in [5.41, 5.74) is -0.157. The number of phosphoric ester groups is 1. The number of nitriles is 1. The molecule has 1 saturated heterocycles. The molecule has 2 rings (SSSR count). The van der Waals surface area contributed by atoms with Crippen molar-refractivity contribution < 1.29 is 65.8 Å². The minimum absolute atomic E-state index is 0.0280. The molecule has 0 bridgehead atoms. The highest BCUT2D eigenvalue weighted by Gasteiger charge is 2.66. The van der Waals surface area contributed by atoms with Crippen molar-refractivity contribution in [1.82, 2.24) is 4.90 Å². The fourth-order valence-corrected chi connectivity index (χ4v) is 5.82. The maximum absolute atomic E-state index is 14.0. The molecular formula is C12H18FN4O13P3. The number of aliphatic imine (C=N–C) groups is 1. The predicted molar refractivity (Wildman–Crippen MR) is 102 cm³/mol. The molecule has 2 aliphatic rings. The van der Waals surface area contributed by atoms with E-state index in [4.69, 9.17) is 25.2 Å². The first-order chi connectivity index (χ1) is 14.9. The molecule has 2 aliphatic heterocycles. The van der Waals surface area contributed by atoms with Gasteiger partial charge in [-0.25, -0.2) is 23.1 Å². The van der Waals surface area contributed by atoms with Crippen molar-refractivity contribution in [1.29, 1.82) is 5.26 Å². The zero-order chi connectivity index (χ0) is 25.5. The Kier molecular flexibility index (Phi) is 7.77. The average molecular weight is 538 g/mol. The SMILES string of the molecule is C=C1N=C(N)C=CN1[C@@H]1O[C@](CF)(COP(=O)(O)OP(=O)(O)OP(=O)(O)O)[C@@H](O)[C@]1(O)C#N. The largest absolute Gasteiger partial charge is 0.490 e. The maximum atomic E-state index is 14.0. The number of hydrogen-bond acceptors (Lipinski definition) is 13. The number of nitrogens with two attached hydrogens (primary N) is 1. The molecule has 186 valence electrons. The summed E-state index contributed by atoms with van der Waals surface area (Å²) in [4.78, 5) is 40.4. The number of rotatable bonds is 9. The Balaban J connectivity index is 2.28. The molecule has 2 heterocycles. The lowest BCUT2D eigenvalue weighted by atomic mass is 9.88. The lowest BCUT2D eigenvalue weighted by Crippen LogP contribution is -2.55. The molecule has 0 spiro atoms. The standard InChI is InChI=1S/C12H18FN4O13P3/c1-7-16-8(15)2-3-17(7)10-12(19,5-14)9(18)11(4-13,28-10)6-27-32(23,24)30-33(25,26)29-31(20,21)22/h2-3,9-10,18-19H,1,4,6H2,(H2,15,16)(H,23,24)(H,25,26)(H2,20,21,22)/t9-,10-,11-,12-/m1/s1. The minimum atomic E-state index is -5.88. The molecule has 1 fully saturated rings. The van der Waals surface area contributed by atoms with E-state index in [1.807, 2.05) is 0 Å². The van der Waals surface area contributed by atoms with Gasteiger partial charge in [0, 0.05) is 6.20 Å². The van der Waals surface area contributed by atoms with Crippen molar-refractivity contribution in [2.24, 2.45) is 10.7 Å². The second-order valence-electron chi connectivity index (χ2n) is 6.55. The van der Waals surface area contributed by atoms with Crippen LogP contribution < -0.4 is 5.73 Å². The van der Waals surface area contributed by atoms with Gasteiger partial charge in [0.15, 0.2) is 11.8 Å². The quantitative estimate of drug-likeness (QED) is 0.132. The van der Waals surface area contributed by atoms with Crippen LogP contribution in [0.5, 0.6) is 0 Å². The van der Waals surface area contributed by atoms with E-state index in [2.05, 4.69) is 24.7 Å². The number of halogens is 1. The Morgan fingerprint density at radius 2 is 1.91 bits per heavy atom. The molecule has 0 aliphatic carbocycles. The molecule has 8 N–H and O–H groups in total. The molecular weight excluding hydrogens is 520 g/mol. The Morgan fingerprint density at radius 3 is 2.39 bits per heavy atom. The molecule has 2 unspecified atom stereocenters. The highest BCUT2D eigenvalue weighted by molar-refractivity contribution is 7.66. The number of aliphatic hydroxyl groups is 2. The summed E-state index contributed by atoms with van der Waals surface area (Å²) >= 11 is 0. The summed E-state index contributed by atoms with van der Waals surface area (Å²) in [5.74, 6) is -0.233. The van der Waals surface area contributed by atoms with Crippen molar-refractivity contribution in [3.63, 3.8) is 0 Å². The van der Waals surface area contributed by atoms with Crippen LogP contribution in [0, 0.1) is 11.3 Å². The molecule has 17 nitrogen and oxygen atoms in total. The average Bonchev–Trinajstić information content (AvgIpc) is 2.86. The van der Waals surface area contributed by atoms with Gasteiger partial charge in [0.25, 0.3) is 0 Å². The predicted octanol–water partition coefficient (Wildman–Crippen LogP) is -1.33. The Labute approximate surface area is 184 Å². The van der Waals surface area contributed by atoms with Gasteiger partial charge >= 0.3 is 23.5 Å². The van der Waals surface area contributed by atoms with E-state index in [1.165, 1.54) is 12.1 Å². The molecule has 0 aromatic heterocycles. The maximum Gasteiger partial charge on any atom is 0.490 e. The second kappa shape index (κ2) is 9.25. The molecule has 6 atom stereocenters. The second-order valence-corrected chi connectivity index (χ2v) is 11.0. The monoisotopic (exact) mass is 538 g/mol. The van der Waals surface area contributed by atoms with E-state index in [0.717, 1.165) is 11.1 Å². The first kappa shape index (κ1) is 27.7. The van der Waals surface area contributed by atoms with Gasteiger partial charge in [-0.15, -0.1) is 0 Å². The van der Waals surface area contributed by atoms with Gasteiger partial charge in [-0.1, -0.05) is 6.58 Å². The van der Waals surface area contributed by atoms with Crippen LogP contribution in [0.15, 0.2) is 29.7 Å². The van der Waals surface area contributed by atoms with Gasteiger partial charge in [-0.2, -0.15) is 13.9 Å². The highest BCUT2D eigenvalue weighted by Crippen LogP contribution is 2.66. The van der Waals surface area contributed by atoms with Gasteiger partial charge in [0.1, 0.15) is 30.5 Å². The molecule has 0 aromatic carbocycles. The lowest BCUT2D eigenvalue weighted by molar-refractivity contribution is -0.142. The Bertz CT molecular complexity index is 1060. The summed E-state index contributed by atoms with van der Waals surface area (Å²) in [6.45, 7) is 0.271. The molecule has 0 saturated carbocycles. The summed E-state index contributed by atoms with van der Waals surface area (Å²) in [5, 5.41) is 30.6. The number of aliphatic hydroxyl groups excluding tert-OH is 1. The number of nitrogens with zero attached hydrogens (tertiary/aromatic N) is 3. The van der Waals surface area contributed by atoms with Crippen molar-refractivity contribution in [2.45, 2.75) is 23.5 Å². The number of alkyl halides is 1. The zero-order valence-electron chi connectivity index (χ0n) is 16.1. The van der Waals surface area contributed by atoms with Crippen molar-refractivity contribution in [2.75, 3.05) is 13.3 Å². The fraction of sp³-hybridized carbons (Fsp3) is 0.500. The number of hydrogen-bond donors (Lipinski definition) is 7.